The van der Waals surface area contributed by atoms with Gasteiger partial charge in [-0.25, -0.2) is 9.36 Å². The molecule has 0 aromatic rings. The van der Waals surface area contributed by atoms with Crippen molar-refractivity contribution in [3.05, 3.63) is 12.2 Å². The molecule has 0 amide bonds. The van der Waals surface area contributed by atoms with Crippen LogP contribution in [0.5, 0.6) is 0 Å². The molecule has 0 aliphatic carbocycles. The van der Waals surface area contributed by atoms with E-state index in [-0.39, 0.29) is 19.8 Å². The Morgan fingerprint density at radius 3 is 2.57 bits per heavy atom. The minimum Gasteiger partial charge on any atom is -0.388 e. The second-order valence-corrected chi connectivity index (χ2v) is 5.50. The zero-order valence-electron chi connectivity index (χ0n) is 9.29. The molecule has 0 fully saturated rings. The summed E-state index contributed by atoms with van der Waals surface area (Å²) in [5.74, 6) is -0.678. The van der Waals surface area contributed by atoms with Crippen molar-refractivity contribution >= 4 is 29.5 Å². The van der Waals surface area contributed by atoms with Crippen LogP contribution in [-0.2, 0) is 18.4 Å². The zero-order valence-corrected chi connectivity index (χ0v) is 10.8. The van der Waals surface area contributed by atoms with Crippen molar-refractivity contribution in [3.63, 3.8) is 0 Å². The molecule has 0 aliphatic rings. The Balaban J connectivity index is 0. The van der Waals surface area contributed by atoms with Gasteiger partial charge in [0.2, 0.25) is 0 Å². The van der Waals surface area contributed by atoms with Crippen molar-refractivity contribution in [3.8, 4) is 0 Å². The van der Waals surface area contributed by atoms with E-state index in [1.54, 1.807) is 6.92 Å². The molecule has 0 aliphatic heterocycles. The molecule has 0 saturated carbocycles. The summed E-state index contributed by atoms with van der Waals surface area (Å²) in [6, 6.07) is 0. The summed E-state index contributed by atoms with van der Waals surface area (Å²) < 4.78 is 21.5. The van der Waals surface area contributed by atoms with Crippen LogP contribution in [0.3, 0.4) is 0 Å². The second kappa shape index (κ2) is 6.38. The van der Waals surface area contributed by atoms with Crippen LogP contribution in [0.2, 0.25) is 0 Å². The van der Waals surface area contributed by atoms with Crippen molar-refractivity contribution < 1.29 is 19.8 Å². The van der Waals surface area contributed by atoms with Crippen LogP contribution in [0.4, 0.5) is 0 Å². The smallest absolute Gasteiger partial charge is 0.388 e. The lowest BCUT2D eigenvalue weighted by molar-refractivity contribution is -0.130. The van der Waals surface area contributed by atoms with Crippen LogP contribution in [-0.4, -0.2) is 24.1 Å². The van der Waals surface area contributed by atoms with Crippen molar-refractivity contribution in [1.82, 2.24) is 0 Å². The molecule has 4 nitrogen and oxygen atoms in total. The Morgan fingerprint density at radius 2 is 2.21 bits per heavy atom. The van der Waals surface area contributed by atoms with Gasteiger partial charge in [0.05, 0.1) is 12.8 Å². The van der Waals surface area contributed by atoms with Gasteiger partial charge in [-0.05, 0) is 13.8 Å². The molecule has 14 heavy (non-hydrogen) atoms. The normalized spacial score (nSPS) is 14.5. The molecule has 0 aromatic carbocycles. The molecule has 0 spiro atoms. The van der Waals surface area contributed by atoms with E-state index < -0.39 is 13.6 Å². The minimum absolute atomic E-state index is 0. The summed E-state index contributed by atoms with van der Waals surface area (Å²) in [5, 5.41) is 0.452. The molecule has 0 rings (SSSR count). The second-order valence-electron chi connectivity index (χ2n) is 2.60. The number of hydrogen-bond donors (Lipinski definition) is 0. The molecular formula is C8H15BrO4P+. The number of carbonyl (C=O) groups is 1. The molecule has 1 atom stereocenters. The van der Waals surface area contributed by atoms with E-state index >= 15 is 0 Å². The topological polar surface area (TPSA) is 52.6 Å². The Labute approximate surface area is 93.8 Å². The first kappa shape index (κ1) is 13.9. The van der Waals surface area contributed by atoms with Crippen LogP contribution < -0.4 is 0 Å². The Kier molecular flexibility index (Phi) is 6.33. The van der Waals surface area contributed by atoms with Gasteiger partial charge in [0, 0.05) is 10.9 Å². The molecule has 0 bridgehead atoms. The largest absolute Gasteiger partial charge is 1.00 e. The van der Waals surface area contributed by atoms with E-state index in [0.29, 0.717) is 5.33 Å². The molecule has 0 aromatic heterocycles. The summed E-state index contributed by atoms with van der Waals surface area (Å²) >= 11 is 3.12. The summed E-state index contributed by atoms with van der Waals surface area (Å²) in [5.41, 5.74) is 0.208. The van der Waals surface area contributed by atoms with Crippen LogP contribution in [0.25, 0.3) is 0 Å². The van der Waals surface area contributed by atoms with Gasteiger partial charge in [0.1, 0.15) is 0 Å². The third kappa shape index (κ3) is 4.94. The Bertz CT molecular complexity index is 259. The first-order valence-corrected chi connectivity index (χ1v) is 6.99. The van der Waals surface area contributed by atoms with Crippen LogP contribution in [0, 0.1) is 0 Å². The third-order valence-electron chi connectivity index (χ3n) is 1.25. The Morgan fingerprint density at radius 1 is 1.64 bits per heavy atom. The quantitative estimate of drug-likeness (QED) is 0.428. The highest BCUT2D eigenvalue weighted by Gasteiger charge is 2.27. The zero-order chi connectivity index (χ0) is 11.2. The third-order valence-corrected chi connectivity index (χ3v) is 4.13. The van der Waals surface area contributed by atoms with Crippen molar-refractivity contribution in [2.24, 2.45) is 0 Å². The highest BCUT2D eigenvalue weighted by molar-refractivity contribution is 9.09. The van der Waals surface area contributed by atoms with Crippen LogP contribution >= 0.6 is 23.5 Å². The van der Waals surface area contributed by atoms with Gasteiger partial charge >= 0.3 is 15.0 Å². The van der Waals surface area contributed by atoms with E-state index in [4.69, 9.17) is 9.05 Å². The molecule has 6 heteroatoms. The number of carbonyl (C=O) groups excluding carboxylic acids is 1. The van der Waals surface area contributed by atoms with Gasteiger partial charge in [0.15, 0.2) is 0 Å². The van der Waals surface area contributed by atoms with Gasteiger partial charge in [-0.15, -0.1) is 0 Å². The lowest BCUT2D eigenvalue weighted by Gasteiger charge is -2.16. The monoisotopic (exact) mass is 285 g/mol. The summed E-state index contributed by atoms with van der Waals surface area (Å²) in [6.45, 7) is 6.82. The maximum Gasteiger partial charge on any atom is 1.00 e. The molecular weight excluding hydrogens is 271 g/mol. The predicted octanol–water partition coefficient (Wildman–Crippen LogP) is 2.84. The van der Waals surface area contributed by atoms with Gasteiger partial charge in [-0.1, -0.05) is 22.5 Å². The van der Waals surface area contributed by atoms with E-state index in [2.05, 4.69) is 22.5 Å². The van der Waals surface area contributed by atoms with Gasteiger partial charge in [-0.2, -0.15) is 0 Å². The molecule has 0 radical (unpaired) electrons. The molecule has 0 N–H and O–H groups in total. The van der Waals surface area contributed by atoms with Crippen molar-refractivity contribution in [1.29, 1.82) is 0 Å². The predicted molar refractivity (Wildman–Crippen MR) is 59.9 cm³/mol. The van der Waals surface area contributed by atoms with Crippen molar-refractivity contribution in [2.45, 2.75) is 13.8 Å². The number of alkyl halides is 1. The standard InChI is InChI=1S/C8H14BrO4P/c1-4-12-14(11,6-5-9)13-8(10)7(2)3/h2,4-6H2,1,3H3/p+1. The average molecular weight is 286 g/mol. The Hall–Kier alpha value is -0.120. The van der Waals surface area contributed by atoms with E-state index in [0.717, 1.165) is 0 Å². The van der Waals surface area contributed by atoms with Crippen molar-refractivity contribution in [2.75, 3.05) is 18.1 Å². The maximum atomic E-state index is 11.8. The first-order valence-electron chi connectivity index (χ1n) is 4.14. The van der Waals surface area contributed by atoms with E-state index in [1.807, 2.05) is 0 Å². The highest BCUT2D eigenvalue weighted by Crippen LogP contribution is 2.48. The number of rotatable bonds is 6. The highest BCUT2D eigenvalue weighted by atomic mass is 79.9. The molecule has 0 saturated heterocycles. The number of hydrogen-bond acceptors (Lipinski definition) is 4. The molecule has 1 unspecified atom stereocenters. The number of halogens is 1. The molecule has 82 valence electrons. The average Bonchev–Trinajstić information content (AvgIpc) is 2.04. The fourth-order valence-electron chi connectivity index (χ4n) is 0.641. The first-order chi connectivity index (χ1) is 6.45. The fourth-order valence-corrected chi connectivity index (χ4v) is 3.23. The molecule has 0 heterocycles. The summed E-state index contributed by atoms with van der Waals surface area (Å²) in [7, 11) is -3.29. The fraction of sp³-hybridized carbons (Fsp3) is 0.625. The van der Waals surface area contributed by atoms with Crippen LogP contribution in [0.1, 0.15) is 15.3 Å². The summed E-state index contributed by atoms with van der Waals surface area (Å²) in [4.78, 5) is 11.1. The van der Waals surface area contributed by atoms with Crippen LogP contribution in [0.15, 0.2) is 12.2 Å². The van der Waals surface area contributed by atoms with E-state index in [1.165, 1.54) is 6.92 Å². The van der Waals surface area contributed by atoms with Gasteiger partial charge in [-0.3, -0.25) is 4.52 Å². The van der Waals surface area contributed by atoms with Gasteiger partial charge in [0.25, 0.3) is 0 Å². The lowest BCUT2D eigenvalue weighted by Crippen LogP contribution is -2.08. The van der Waals surface area contributed by atoms with E-state index in [9.17, 15) is 9.36 Å². The maximum absolute atomic E-state index is 11.8. The van der Waals surface area contributed by atoms with Gasteiger partial charge < -0.3 is 4.52 Å². The SMILES string of the molecule is C=C(C)C(=O)OP(=O)(CCBr)OCC.[H+]. The lowest BCUT2D eigenvalue weighted by atomic mass is 10.4. The minimum atomic E-state index is -3.29. The summed E-state index contributed by atoms with van der Waals surface area (Å²) in [6.07, 6.45) is 0.167.